The van der Waals surface area contributed by atoms with Crippen LogP contribution in [0.15, 0.2) is 18.2 Å². The van der Waals surface area contributed by atoms with Crippen LogP contribution in [0.4, 0.5) is 10.5 Å². The predicted molar refractivity (Wildman–Crippen MR) is 78.9 cm³/mol. The second-order valence-electron chi connectivity index (χ2n) is 5.76. The van der Waals surface area contributed by atoms with Crippen LogP contribution in [0.3, 0.4) is 0 Å². The SMILES string of the molecule is Cc1cccc(C)c1NC(=O)CN1C(=O)NC(C)(C)C1=O. The molecule has 0 atom stereocenters. The Morgan fingerprint density at radius 1 is 1.24 bits per heavy atom. The Morgan fingerprint density at radius 3 is 2.29 bits per heavy atom. The van der Waals surface area contributed by atoms with Crippen molar-refractivity contribution in [3.63, 3.8) is 0 Å². The van der Waals surface area contributed by atoms with Crippen molar-refractivity contribution in [2.45, 2.75) is 33.2 Å². The number of carbonyl (C=O) groups excluding carboxylic acids is 3. The van der Waals surface area contributed by atoms with Crippen LogP contribution >= 0.6 is 0 Å². The van der Waals surface area contributed by atoms with Crippen LogP contribution in [0, 0.1) is 13.8 Å². The number of urea groups is 1. The summed E-state index contributed by atoms with van der Waals surface area (Å²) in [6.07, 6.45) is 0. The number of anilines is 1. The molecule has 1 aromatic carbocycles. The number of carbonyl (C=O) groups is 3. The lowest BCUT2D eigenvalue weighted by Crippen LogP contribution is -2.41. The minimum atomic E-state index is -0.962. The third-order valence-electron chi connectivity index (χ3n) is 3.49. The molecule has 0 unspecified atom stereocenters. The van der Waals surface area contributed by atoms with Crippen molar-refractivity contribution in [2.75, 3.05) is 11.9 Å². The van der Waals surface area contributed by atoms with Gasteiger partial charge in [-0.1, -0.05) is 18.2 Å². The number of para-hydroxylation sites is 1. The number of imide groups is 1. The molecule has 6 heteroatoms. The molecule has 1 aliphatic rings. The molecule has 1 aromatic rings. The number of rotatable bonds is 3. The predicted octanol–water partition coefficient (Wildman–Crippen LogP) is 1.57. The Bertz CT molecular complexity index is 602. The van der Waals surface area contributed by atoms with E-state index < -0.39 is 23.4 Å². The maximum absolute atomic E-state index is 12.1. The summed E-state index contributed by atoms with van der Waals surface area (Å²) in [7, 11) is 0. The van der Waals surface area contributed by atoms with Crippen molar-refractivity contribution in [3.05, 3.63) is 29.3 Å². The van der Waals surface area contributed by atoms with Crippen LogP contribution in [-0.2, 0) is 9.59 Å². The zero-order valence-electron chi connectivity index (χ0n) is 12.6. The topological polar surface area (TPSA) is 78.5 Å². The summed E-state index contributed by atoms with van der Waals surface area (Å²) >= 11 is 0. The van der Waals surface area contributed by atoms with Gasteiger partial charge in [-0.15, -0.1) is 0 Å². The number of hydrogen-bond acceptors (Lipinski definition) is 3. The highest BCUT2D eigenvalue weighted by atomic mass is 16.2. The second-order valence-corrected chi connectivity index (χ2v) is 5.76. The molecule has 0 radical (unpaired) electrons. The highest BCUT2D eigenvalue weighted by Gasteiger charge is 2.44. The van der Waals surface area contributed by atoms with Gasteiger partial charge in [-0.05, 0) is 38.8 Å². The lowest BCUT2D eigenvalue weighted by atomic mass is 10.1. The average molecular weight is 289 g/mol. The first kappa shape index (κ1) is 15.0. The van der Waals surface area contributed by atoms with E-state index in [1.807, 2.05) is 32.0 Å². The third kappa shape index (κ3) is 2.89. The fraction of sp³-hybridized carbons (Fsp3) is 0.400. The average Bonchev–Trinajstić information content (AvgIpc) is 2.56. The van der Waals surface area contributed by atoms with Gasteiger partial charge >= 0.3 is 6.03 Å². The lowest BCUT2D eigenvalue weighted by Gasteiger charge is -2.17. The van der Waals surface area contributed by atoms with Gasteiger partial charge in [0, 0.05) is 5.69 Å². The highest BCUT2D eigenvalue weighted by molar-refractivity contribution is 6.09. The van der Waals surface area contributed by atoms with Crippen molar-refractivity contribution in [1.82, 2.24) is 10.2 Å². The summed E-state index contributed by atoms with van der Waals surface area (Å²) < 4.78 is 0. The van der Waals surface area contributed by atoms with E-state index in [-0.39, 0.29) is 6.54 Å². The van der Waals surface area contributed by atoms with Crippen molar-refractivity contribution < 1.29 is 14.4 Å². The quantitative estimate of drug-likeness (QED) is 0.829. The van der Waals surface area contributed by atoms with Gasteiger partial charge in [-0.3, -0.25) is 14.5 Å². The molecule has 0 saturated carbocycles. The van der Waals surface area contributed by atoms with Crippen LogP contribution in [0.25, 0.3) is 0 Å². The molecule has 0 aromatic heterocycles. The van der Waals surface area contributed by atoms with Crippen molar-refractivity contribution >= 4 is 23.5 Å². The first-order valence-corrected chi connectivity index (χ1v) is 6.72. The van der Waals surface area contributed by atoms with E-state index in [0.29, 0.717) is 5.69 Å². The number of amides is 4. The number of benzene rings is 1. The highest BCUT2D eigenvalue weighted by Crippen LogP contribution is 2.20. The van der Waals surface area contributed by atoms with Crippen LogP contribution in [-0.4, -0.2) is 34.8 Å². The van der Waals surface area contributed by atoms with Crippen LogP contribution < -0.4 is 10.6 Å². The standard InChI is InChI=1S/C15H19N3O3/c1-9-6-5-7-10(2)12(9)16-11(19)8-18-13(20)15(3,4)17-14(18)21/h5-7H,8H2,1-4H3,(H,16,19)(H,17,21). The van der Waals surface area contributed by atoms with E-state index in [9.17, 15) is 14.4 Å². The minimum absolute atomic E-state index is 0.290. The fourth-order valence-electron chi connectivity index (χ4n) is 2.30. The summed E-state index contributed by atoms with van der Waals surface area (Å²) in [6, 6.07) is 5.14. The maximum atomic E-state index is 12.1. The minimum Gasteiger partial charge on any atom is -0.324 e. The first-order valence-electron chi connectivity index (χ1n) is 6.72. The van der Waals surface area contributed by atoms with Gasteiger partial charge in [0.2, 0.25) is 5.91 Å². The van der Waals surface area contributed by atoms with Crippen LogP contribution in [0.5, 0.6) is 0 Å². The molecule has 1 heterocycles. The molecule has 1 saturated heterocycles. The van der Waals surface area contributed by atoms with Gasteiger partial charge in [0.15, 0.2) is 0 Å². The molecule has 1 fully saturated rings. The molecule has 2 rings (SSSR count). The molecule has 112 valence electrons. The molecule has 0 bridgehead atoms. The summed E-state index contributed by atoms with van der Waals surface area (Å²) in [5.74, 6) is -0.794. The van der Waals surface area contributed by atoms with E-state index >= 15 is 0 Å². The summed E-state index contributed by atoms with van der Waals surface area (Å²) in [5.41, 5.74) is 1.62. The third-order valence-corrected chi connectivity index (χ3v) is 3.49. The Kier molecular flexibility index (Phi) is 3.72. The van der Waals surface area contributed by atoms with Crippen molar-refractivity contribution in [1.29, 1.82) is 0 Å². The number of nitrogens with one attached hydrogen (secondary N) is 2. The molecular weight excluding hydrogens is 270 g/mol. The summed E-state index contributed by atoms with van der Waals surface area (Å²) in [4.78, 5) is 36.8. The number of aryl methyl sites for hydroxylation is 2. The molecular formula is C15H19N3O3. The van der Waals surface area contributed by atoms with Gasteiger partial charge in [0.05, 0.1) is 0 Å². The van der Waals surface area contributed by atoms with Gasteiger partial charge in [0.25, 0.3) is 5.91 Å². The summed E-state index contributed by atoms with van der Waals surface area (Å²) in [5, 5.41) is 5.30. The number of hydrogen-bond donors (Lipinski definition) is 2. The second kappa shape index (κ2) is 5.20. The van der Waals surface area contributed by atoms with E-state index in [2.05, 4.69) is 10.6 Å². The fourth-order valence-corrected chi connectivity index (χ4v) is 2.30. The normalized spacial score (nSPS) is 16.9. The molecule has 0 spiro atoms. The van der Waals surface area contributed by atoms with E-state index in [0.717, 1.165) is 16.0 Å². The Labute approximate surface area is 123 Å². The van der Waals surface area contributed by atoms with Crippen molar-refractivity contribution in [2.24, 2.45) is 0 Å². The van der Waals surface area contributed by atoms with Gasteiger partial charge in [-0.2, -0.15) is 0 Å². The molecule has 4 amide bonds. The molecule has 21 heavy (non-hydrogen) atoms. The monoisotopic (exact) mass is 289 g/mol. The van der Waals surface area contributed by atoms with Crippen molar-refractivity contribution in [3.8, 4) is 0 Å². The van der Waals surface area contributed by atoms with Crippen LogP contribution in [0.1, 0.15) is 25.0 Å². The lowest BCUT2D eigenvalue weighted by molar-refractivity contribution is -0.132. The molecule has 6 nitrogen and oxygen atoms in total. The maximum Gasteiger partial charge on any atom is 0.325 e. The number of nitrogens with zero attached hydrogens (tertiary/aromatic N) is 1. The largest absolute Gasteiger partial charge is 0.325 e. The first-order chi connectivity index (χ1) is 9.72. The Morgan fingerprint density at radius 2 is 1.81 bits per heavy atom. The van der Waals surface area contributed by atoms with Gasteiger partial charge in [0.1, 0.15) is 12.1 Å². The molecule has 1 aliphatic heterocycles. The van der Waals surface area contributed by atoms with Gasteiger partial charge in [-0.25, -0.2) is 4.79 Å². The Hall–Kier alpha value is -2.37. The smallest absolute Gasteiger partial charge is 0.324 e. The zero-order valence-corrected chi connectivity index (χ0v) is 12.6. The van der Waals surface area contributed by atoms with Crippen LogP contribution in [0.2, 0.25) is 0 Å². The van der Waals surface area contributed by atoms with E-state index in [4.69, 9.17) is 0 Å². The molecule has 2 N–H and O–H groups in total. The van der Waals surface area contributed by atoms with E-state index in [1.54, 1.807) is 13.8 Å². The summed E-state index contributed by atoms with van der Waals surface area (Å²) in [6.45, 7) is 6.70. The van der Waals surface area contributed by atoms with Gasteiger partial charge < -0.3 is 10.6 Å². The van der Waals surface area contributed by atoms with E-state index in [1.165, 1.54) is 0 Å². The zero-order chi connectivity index (χ0) is 15.8. The molecule has 0 aliphatic carbocycles. The Balaban J connectivity index is 2.10.